The van der Waals surface area contributed by atoms with Crippen LogP contribution in [-0.4, -0.2) is 37.6 Å². The van der Waals surface area contributed by atoms with Gasteiger partial charge in [-0.3, -0.25) is 0 Å². The molecule has 1 heterocycles. The van der Waals surface area contributed by atoms with Crippen LogP contribution in [0.2, 0.25) is 0 Å². The van der Waals surface area contributed by atoms with Gasteiger partial charge in [-0.25, -0.2) is 0 Å². The molecule has 1 aromatic rings. The summed E-state index contributed by atoms with van der Waals surface area (Å²) in [5.41, 5.74) is 0.317. The van der Waals surface area contributed by atoms with Crippen molar-refractivity contribution in [2.75, 3.05) is 31.2 Å². The van der Waals surface area contributed by atoms with Crippen molar-refractivity contribution in [3.8, 4) is 0 Å². The van der Waals surface area contributed by atoms with E-state index in [2.05, 4.69) is 0 Å². The van der Waals surface area contributed by atoms with Gasteiger partial charge in [-0.05, 0) is 6.07 Å². The smallest absolute Gasteiger partial charge is 0.379 e. The zero-order valence-electron chi connectivity index (χ0n) is 9.65. The van der Waals surface area contributed by atoms with Gasteiger partial charge in [0.2, 0.25) is 0 Å². The number of ether oxygens (including phenoxy) is 1. The summed E-state index contributed by atoms with van der Waals surface area (Å²) >= 11 is 0. The summed E-state index contributed by atoms with van der Waals surface area (Å²) in [4.78, 5) is 1.80. The molecule has 2 rings (SSSR count). The number of hydrogen-bond donors (Lipinski definition) is 1. The van der Waals surface area contributed by atoms with Gasteiger partial charge in [0.15, 0.2) is 6.10 Å². The second kappa shape index (κ2) is 5.16. The van der Waals surface area contributed by atoms with Crippen LogP contribution in [0.15, 0.2) is 24.3 Å². The number of rotatable bonds is 2. The van der Waals surface area contributed by atoms with Crippen molar-refractivity contribution in [1.29, 1.82) is 0 Å². The first-order valence-corrected chi connectivity index (χ1v) is 5.66. The van der Waals surface area contributed by atoms with Crippen molar-refractivity contribution >= 4 is 5.69 Å². The highest BCUT2D eigenvalue weighted by Crippen LogP contribution is 2.37. The van der Waals surface area contributed by atoms with Crippen LogP contribution >= 0.6 is 0 Å². The standard InChI is InChI=1S/C12H14F3NO2/c13-12(14,15)11(17)9-3-1-2-4-10(9)16-5-7-18-8-6-16/h1-4,11,17H,5-8H2/t11-/m0/s1. The fourth-order valence-electron chi connectivity index (χ4n) is 1.99. The Balaban J connectivity index is 2.30. The molecule has 1 aromatic carbocycles. The van der Waals surface area contributed by atoms with Crippen molar-refractivity contribution in [1.82, 2.24) is 0 Å². The van der Waals surface area contributed by atoms with Crippen LogP contribution in [0.4, 0.5) is 18.9 Å². The molecule has 0 unspecified atom stereocenters. The molecule has 6 heteroatoms. The number of alkyl halides is 3. The Bertz CT molecular complexity index is 403. The van der Waals surface area contributed by atoms with Crippen LogP contribution in [0.3, 0.4) is 0 Å². The maximum absolute atomic E-state index is 12.6. The molecule has 3 nitrogen and oxygen atoms in total. The predicted molar refractivity (Wildman–Crippen MR) is 60.5 cm³/mol. The molecular weight excluding hydrogens is 247 g/mol. The third kappa shape index (κ3) is 2.76. The maximum Gasteiger partial charge on any atom is 0.418 e. The molecule has 0 amide bonds. The molecular formula is C12H14F3NO2. The van der Waals surface area contributed by atoms with E-state index in [4.69, 9.17) is 4.74 Å². The van der Waals surface area contributed by atoms with E-state index in [1.807, 2.05) is 0 Å². The van der Waals surface area contributed by atoms with Crippen molar-refractivity contribution in [2.45, 2.75) is 12.3 Å². The molecule has 0 bridgehead atoms. The van der Waals surface area contributed by atoms with Crippen molar-refractivity contribution in [3.05, 3.63) is 29.8 Å². The molecule has 1 N–H and O–H groups in total. The first-order chi connectivity index (χ1) is 8.50. The number of aliphatic hydroxyl groups excluding tert-OH is 1. The molecule has 1 fully saturated rings. The molecule has 0 saturated carbocycles. The van der Waals surface area contributed by atoms with Gasteiger partial charge in [-0.1, -0.05) is 18.2 Å². The van der Waals surface area contributed by atoms with Gasteiger partial charge in [0.1, 0.15) is 0 Å². The summed E-state index contributed by atoms with van der Waals surface area (Å²) in [6.07, 6.45) is -7.10. The van der Waals surface area contributed by atoms with Crippen LogP contribution in [0, 0.1) is 0 Å². The lowest BCUT2D eigenvalue weighted by Gasteiger charge is -2.31. The number of morpholine rings is 1. The second-order valence-corrected chi connectivity index (χ2v) is 4.10. The molecule has 1 saturated heterocycles. The van der Waals surface area contributed by atoms with Gasteiger partial charge in [0, 0.05) is 24.3 Å². The third-order valence-electron chi connectivity index (χ3n) is 2.89. The van der Waals surface area contributed by atoms with Gasteiger partial charge in [0.25, 0.3) is 0 Å². The zero-order chi connectivity index (χ0) is 13.2. The first kappa shape index (κ1) is 13.2. The lowest BCUT2D eigenvalue weighted by molar-refractivity contribution is -0.206. The van der Waals surface area contributed by atoms with Gasteiger partial charge >= 0.3 is 6.18 Å². The highest BCUT2D eigenvalue weighted by atomic mass is 19.4. The Labute approximate surface area is 103 Å². The minimum Gasteiger partial charge on any atom is -0.379 e. The fourth-order valence-corrected chi connectivity index (χ4v) is 1.99. The number of benzene rings is 1. The summed E-state index contributed by atoms with van der Waals surface area (Å²) in [7, 11) is 0. The number of halogens is 3. The third-order valence-corrected chi connectivity index (χ3v) is 2.89. The van der Waals surface area contributed by atoms with Gasteiger partial charge in [-0.15, -0.1) is 0 Å². The minimum atomic E-state index is -4.65. The second-order valence-electron chi connectivity index (χ2n) is 4.10. The molecule has 18 heavy (non-hydrogen) atoms. The van der Waals surface area contributed by atoms with E-state index in [0.29, 0.717) is 32.0 Å². The summed E-state index contributed by atoms with van der Waals surface area (Å²) in [5.74, 6) is 0. The van der Waals surface area contributed by atoms with Gasteiger partial charge < -0.3 is 14.7 Å². The van der Waals surface area contributed by atoms with E-state index < -0.39 is 12.3 Å². The first-order valence-electron chi connectivity index (χ1n) is 5.66. The van der Waals surface area contributed by atoms with E-state index in [0.717, 1.165) is 0 Å². The average molecular weight is 261 g/mol. The number of para-hydroxylation sites is 1. The summed E-state index contributed by atoms with van der Waals surface area (Å²) in [6, 6.07) is 6.06. The summed E-state index contributed by atoms with van der Waals surface area (Å²) in [6.45, 7) is 2.02. The topological polar surface area (TPSA) is 32.7 Å². The Morgan fingerprint density at radius 2 is 1.78 bits per heavy atom. The van der Waals surface area contributed by atoms with Crippen molar-refractivity contribution in [2.24, 2.45) is 0 Å². The molecule has 0 spiro atoms. The predicted octanol–water partition coefficient (Wildman–Crippen LogP) is 2.12. The highest BCUT2D eigenvalue weighted by molar-refractivity contribution is 5.55. The van der Waals surface area contributed by atoms with E-state index in [1.165, 1.54) is 12.1 Å². The minimum absolute atomic E-state index is 0.105. The summed E-state index contributed by atoms with van der Waals surface area (Å²) < 4.78 is 42.9. The normalized spacial score (nSPS) is 18.8. The van der Waals surface area contributed by atoms with Gasteiger partial charge in [-0.2, -0.15) is 13.2 Å². The molecule has 1 atom stereocenters. The van der Waals surface area contributed by atoms with Crippen LogP contribution in [0.1, 0.15) is 11.7 Å². The molecule has 0 aromatic heterocycles. The number of anilines is 1. The van der Waals surface area contributed by atoms with Crippen LogP contribution < -0.4 is 4.90 Å². The largest absolute Gasteiger partial charge is 0.418 e. The lowest BCUT2D eigenvalue weighted by Crippen LogP contribution is -2.37. The Morgan fingerprint density at radius 3 is 2.39 bits per heavy atom. The number of aliphatic hydroxyl groups is 1. The maximum atomic E-state index is 12.6. The number of hydrogen-bond acceptors (Lipinski definition) is 3. The van der Waals surface area contributed by atoms with Crippen molar-refractivity contribution in [3.63, 3.8) is 0 Å². The molecule has 1 aliphatic heterocycles. The Morgan fingerprint density at radius 1 is 1.17 bits per heavy atom. The molecule has 100 valence electrons. The van der Waals surface area contributed by atoms with Crippen LogP contribution in [0.25, 0.3) is 0 Å². The average Bonchev–Trinajstić information content (AvgIpc) is 2.38. The SMILES string of the molecule is O[C@@H](c1ccccc1N1CCOCC1)C(F)(F)F. The molecule has 1 aliphatic rings. The highest BCUT2D eigenvalue weighted by Gasteiger charge is 2.41. The van der Waals surface area contributed by atoms with Crippen LogP contribution in [0.5, 0.6) is 0 Å². The Hall–Kier alpha value is -1.27. The monoisotopic (exact) mass is 261 g/mol. The van der Waals surface area contributed by atoms with E-state index in [1.54, 1.807) is 17.0 Å². The lowest BCUT2D eigenvalue weighted by atomic mass is 10.1. The zero-order valence-corrected chi connectivity index (χ0v) is 9.65. The van der Waals surface area contributed by atoms with Gasteiger partial charge in [0.05, 0.1) is 13.2 Å². The van der Waals surface area contributed by atoms with E-state index in [9.17, 15) is 18.3 Å². The van der Waals surface area contributed by atoms with Crippen LogP contribution in [-0.2, 0) is 4.74 Å². The molecule has 0 aliphatic carbocycles. The van der Waals surface area contributed by atoms with Crippen molar-refractivity contribution < 1.29 is 23.0 Å². The Kier molecular flexibility index (Phi) is 3.77. The fraction of sp³-hybridized carbons (Fsp3) is 0.500. The summed E-state index contributed by atoms with van der Waals surface area (Å²) in [5, 5.41) is 9.39. The molecule has 0 radical (unpaired) electrons. The van der Waals surface area contributed by atoms with E-state index in [-0.39, 0.29) is 5.56 Å². The quantitative estimate of drug-likeness (QED) is 0.885. The van der Waals surface area contributed by atoms with E-state index >= 15 is 0 Å². The number of nitrogens with zero attached hydrogens (tertiary/aromatic N) is 1.